The molecule has 9 heteroatoms. The summed E-state index contributed by atoms with van der Waals surface area (Å²) in [6.07, 6.45) is 3.63. The molecule has 1 saturated carbocycles. The van der Waals surface area contributed by atoms with Gasteiger partial charge in [-0.2, -0.15) is 17.0 Å². The molecule has 4 rings (SSSR count). The second kappa shape index (κ2) is 7.77. The molecule has 0 unspecified atom stereocenters. The number of hydrogen-bond donors (Lipinski definition) is 0. The SMILES string of the molecule is CN(C)S(=O)(=O)N1CCN(C(=O)C2(c3ccc4c(c3)OCCO4)CCCC2)CC1. The molecule has 3 aliphatic rings. The topological polar surface area (TPSA) is 79.4 Å². The van der Waals surface area contributed by atoms with Crippen LogP contribution in [0.4, 0.5) is 0 Å². The van der Waals surface area contributed by atoms with E-state index in [0.29, 0.717) is 45.1 Å². The van der Waals surface area contributed by atoms with Crippen LogP contribution in [0.2, 0.25) is 0 Å². The zero-order chi connectivity index (χ0) is 20.6. The summed E-state index contributed by atoms with van der Waals surface area (Å²) in [6, 6.07) is 5.85. The second-order valence-corrected chi connectivity index (χ2v) is 10.3. The van der Waals surface area contributed by atoms with Crippen molar-refractivity contribution in [2.24, 2.45) is 0 Å². The number of nitrogens with zero attached hydrogens (tertiary/aromatic N) is 3. The summed E-state index contributed by atoms with van der Waals surface area (Å²) in [7, 11) is -0.387. The molecule has 1 amide bonds. The molecule has 160 valence electrons. The summed E-state index contributed by atoms with van der Waals surface area (Å²) in [6.45, 7) is 2.53. The van der Waals surface area contributed by atoms with Gasteiger partial charge in [-0.15, -0.1) is 0 Å². The van der Waals surface area contributed by atoms with Gasteiger partial charge in [0.1, 0.15) is 13.2 Å². The third-order valence-electron chi connectivity index (χ3n) is 6.27. The van der Waals surface area contributed by atoms with Crippen LogP contribution in [0.5, 0.6) is 11.5 Å². The lowest BCUT2D eigenvalue weighted by Crippen LogP contribution is -2.56. The lowest BCUT2D eigenvalue weighted by molar-refractivity contribution is -0.138. The van der Waals surface area contributed by atoms with Crippen LogP contribution < -0.4 is 9.47 Å². The third kappa shape index (κ3) is 3.60. The molecule has 0 bridgehead atoms. The molecule has 2 fully saturated rings. The van der Waals surface area contributed by atoms with Crippen LogP contribution in [-0.2, 0) is 20.4 Å². The maximum atomic E-state index is 13.7. The van der Waals surface area contributed by atoms with E-state index in [1.165, 1.54) is 22.7 Å². The molecule has 2 heterocycles. The lowest BCUT2D eigenvalue weighted by Gasteiger charge is -2.40. The third-order valence-corrected chi connectivity index (χ3v) is 8.22. The van der Waals surface area contributed by atoms with Gasteiger partial charge in [0, 0.05) is 40.3 Å². The van der Waals surface area contributed by atoms with Crippen LogP contribution in [0, 0.1) is 0 Å². The minimum Gasteiger partial charge on any atom is -0.486 e. The van der Waals surface area contributed by atoms with E-state index in [-0.39, 0.29) is 5.91 Å². The summed E-state index contributed by atoms with van der Waals surface area (Å²) in [4.78, 5) is 15.5. The first-order valence-corrected chi connectivity index (χ1v) is 11.6. The molecule has 1 aromatic rings. The number of ether oxygens (including phenoxy) is 2. The maximum absolute atomic E-state index is 13.7. The molecule has 29 heavy (non-hydrogen) atoms. The minimum absolute atomic E-state index is 0.105. The van der Waals surface area contributed by atoms with E-state index in [0.717, 1.165) is 37.0 Å². The van der Waals surface area contributed by atoms with Gasteiger partial charge in [0.2, 0.25) is 5.91 Å². The van der Waals surface area contributed by atoms with Crippen molar-refractivity contribution in [1.29, 1.82) is 0 Å². The van der Waals surface area contributed by atoms with Crippen molar-refractivity contribution in [2.45, 2.75) is 31.1 Å². The van der Waals surface area contributed by atoms with E-state index < -0.39 is 15.6 Å². The molecular weight excluding hydrogens is 394 g/mol. The fourth-order valence-corrected chi connectivity index (χ4v) is 5.69. The number of carbonyl (C=O) groups is 1. The fraction of sp³-hybridized carbons (Fsp3) is 0.650. The highest BCUT2D eigenvalue weighted by Gasteiger charge is 2.46. The Balaban J connectivity index is 1.55. The van der Waals surface area contributed by atoms with E-state index in [4.69, 9.17) is 9.47 Å². The van der Waals surface area contributed by atoms with Gasteiger partial charge in [0.05, 0.1) is 5.41 Å². The Labute approximate surface area is 172 Å². The largest absolute Gasteiger partial charge is 0.486 e. The van der Waals surface area contributed by atoms with Crippen molar-refractivity contribution in [1.82, 2.24) is 13.5 Å². The molecule has 0 atom stereocenters. The first-order valence-electron chi connectivity index (χ1n) is 10.2. The molecule has 1 saturated heterocycles. The van der Waals surface area contributed by atoms with Crippen LogP contribution in [0.3, 0.4) is 0 Å². The van der Waals surface area contributed by atoms with E-state index in [9.17, 15) is 13.2 Å². The van der Waals surface area contributed by atoms with Gasteiger partial charge in [-0.05, 0) is 30.5 Å². The molecule has 1 aliphatic carbocycles. The van der Waals surface area contributed by atoms with Crippen LogP contribution in [-0.4, -0.2) is 81.3 Å². The summed E-state index contributed by atoms with van der Waals surface area (Å²) in [5.41, 5.74) is 0.422. The predicted molar refractivity (Wildman–Crippen MR) is 108 cm³/mol. The summed E-state index contributed by atoms with van der Waals surface area (Å²) in [5.74, 6) is 1.53. The van der Waals surface area contributed by atoms with Crippen LogP contribution in [0.25, 0.3) is 0 Å². The second-order valence-electron chi connectivity index (χ2n) is 8.13. The Morgan fingerprint density at radius 1 is 1.00 bits per heavy atom. The van der Waals surface area contributed by atoms with Gasteiger partial charge in [0.25, 0.3) is 10.2 Å². The minimum atomic E-state index is -3.45. The molecular formula is C20H29N3O5S. The number of carbonyl (C=O) groups excluding carboxylic acids is 1. The first kappa shape index (κ1) is 20.4. The van der Waals surface area contributed by atoms with Crippen molar-refractivity contribution < 1.29 is 22.7 Å². The average molecular weight is 424 g/mol. The van der Waals surface area contributed by atoms with Crippen molar-refractivity contribution in [3.05, 3.63) is 23.8 Å². The number of rotatable bonds is 4. The Kier molecular flexibility index (Phi) is 5.48. The van der Waals surface area contributed by atoms with E-state index in [1.807, 2.05) is 23.1 Å². The van der Waals surface area contributed by atoms with Gasteiger partial charge >= 0.3 is 0 Å². The van der Waals surface area contributed by atoms with Gasteiger partial charge < -0.3 is 14.4 Å². The highest BCUT2D eigenvalue weighted by molar-refractivity contribution is 7.86. The Bertz CT molecular complexity index is 872. The van der Waals surface area contributed by atoms with Crippen molar-refractivity contribution in [3.8, 4) is 11.5 Å². The van der Waals surface area contributed by atoms with E-state index >= 15 is 0 Å². The number of hydrogen-bond acceptors (Lipinski definition) is 5. The molecule has 2 aliphatic heterocycles. The number of amides is 1. The highest BCUT2D eigenvalue weighted by Crippen LogP contribution is 2.45. The zero-order valence-corrected chi connectivity index (χ0v) is 17.9. The Morgan fingerprint density at radius 3 is 2.24 bits per heavy atom. The molecule has 0 spiro atoms. The normalized spacial score (nSPS) is 22.1. The van der Waals surface area contributed by atoms with Gasteiger partial charge in [0.15, 0.2) is 11.5 Å². The van der Waals surface area contributed by atoms with E-state index in [1.54, 1.807) is 0 Å². The number of piperazine rings is 1. The highest BCUT2D eigenvalue weighted by atomic mass is 32.2. The molecule has 0 radical (unpaired) electrons. The quantitative estimate of drug-likeness (QED) is 0.728. The smallest absolute Gasteiger partial charge is 0.281 e. The predicted octanol–water partition coefficient (Wildman–Crippen LogP) is 1.22. The van der Waals surface area contributed by atoms with E-state index in [2.05, 4.69) is 0 Å². The first-order chi connectivity index (χ1) is 13.8. The van der Waals surface area contributed by atoms with Gasteiger partial charge in [-0.25, -0.2) is 0 Å². The summed E-state index contributed by atoms with van der Waals surface area (Å²) >= 11 is 0. The zero-order valence-electron chi connectivity index (χ0n) is 17.1. The standard InChI is InChI=1S/C20H29N3O5S/c1-21(2)29(25,26)23-11-9-22(10-12-23)19(24)20(7-3-4-8-20)16-5-6-17-18(15-16)28-14-13-27-17/h5-6,15H,3-4,7-14H2,1-2H3. The fourth-order valence-electron chi connectivity index (χ4n) is 4.60. The van der Waals surface area contributed by atoms with Crippen LogP contribution >= 0.6 is 0 Å². The molecule has 1 aromatic carbocycles. The lowest BCUT2D eigenvalue weighted by atomic mass is 9.77. The van der Waals surface area contributed by atoms with Crippen molar-refractivity contribution >= 4 is 16.1 Å². The van der Waals surface area contributed by atoms with Gasteiger partial charge in [-0.3, -0.25) is 4.79 Å². The van der Waals surface area contributed by atoms with Crippen molar-refractivity contribution in [3.63, 3.8) is 0 Å². The molecule has 0 aromatic heterocycles. The Hall–Kier alpha value is -1.84. The number of fused-ring (bicyclic) bond motifs is 1. The van der Waals surface area contributed by atoms with Gasteiger partial charge in [-0.1, -0.05) is 18.9 Å². The molecule has 8 nitrogen and oxygen atoms in total. The maximum Gasteiger partial charge on any atom is 0.281 e. The average Bonchev–Trinajstić information content (AvgIpc) is 3.24. The van der Waals surface area contributed by atoms with Crippen molar-refractivity contribution in [2.75, 3.05) is 53.5 Å². The summed E-state index contributed by atoms with van der Waals surface area (Å²) < 4.78 is 38.8. The van der Waals surface area contributed by atoms with Crippen LogP contribution in [0.15, 0.2) is 18.2 Å². The molecule has 0 N–H and O–H groups in total. The number of benzene rings is 1. The summed E-state index contributed by atoms with van der Waals surface area (Å²) in [5, 5.41) is 0. The Morgan fingerprint density at radius 2 is 1.62 bits per heavy atom. The van der Waals surface area contributed by atoms with Crippen LogP contribution in [0.1, 0.15) is 31.2 Å². The monoisotopic (exact) mass is 423 g/mol.